The number of rotatable bonds is 3. The SMILES string of the molecule is [2H]C([2H])([2H])N(CC(=O)OC(C)C)/C(=N/O)NC(=O)OC(C)(C)C. The van der Waals surface area contributed by atoms with Crippen LogP contribution >= 0.6 is 0 Å². The highest BCUT2D eigenvalue weighted by Crippen LogP contribution is 2.06. The van der Waals surface area contributed by atoms with Crippen molar-refractivity contribution in [3.05, 3.63) is 0 Å². The molecule has 0 aromatic rings. The van der Waals surface area contributed by atoms with Crippen LogP contribution in [-0.4, -0.2) is 53.4 Å². The Labute approximate surface area is 122 Å². The van der Waals surface area contributed by atoms with Gasteiger partial charge in [0.25, 0.3) is 0 Å². The van der Waals surface area contributed by atoms with Crippen molar-refractivity contribution in [3.63, 3.8) is 0 Å². The van der Waals surface area contributed by atoms with Crippen molar-refractivity contribution >= 4 is 18.0 Å². The van der Waals surface area contributed by atoms with E-state index in [9.17, 15) is 9.59 Å². The highest BCUT2D eigenvalue weighted by atomic mass is 16.6. The molecular formula is C12H23N3O5. The zero-order valence-electron chi connectivity index (χ0n) is 15.3. The number of hydrogen-bond donors (Lipinski definition) is 2. The predicted octanol–water partition coefficient (Wildman–Crippen LogP) is 1.14. The summed E-state index contributed by atoms with van der Waals surface area (Å²) >= 11 is 0. The highest BCUT2D eigenvalue weighted by Gasteiger charge is 2.20. The van der Waals surface area contributed by atoms with Crippen molar-refractivity contribution in [1.29, 1.82) is 0 Å². The Morgan fingerprint density at radius 2 is 2.05 bits per heavy atom. The first-order valence-corrected chi connectivity index (χ1v) is 5.95. The first-order valence-electron chi connectivity index (χ1n) is 7.45. The predicted molar refractivity (Wildman–Crippen MR) is 72.4 cm³/mol. The van der Waals surface area contributed by atoms with Crippen LogP contribution < -0.4 is 5.32 Å². The van der Waals surface area contributed by atoms with Crippen LogP contribution in [0.4, 0.5) is 4.79 Å². The van der Waals surface area contributed by atoms with E-state index in [2.05, 4.69) is 5.16 Å². The molecule has 0 spiro atoms. The summed E-state index contributed by atoms with van der Waals surface area (Å²) < 4.78 is 31.9. The lowest BCUT2D eigenvalue weighted by Crippen LogP contribution is -2.46. The monoisotopic (exact) mass is 292 g/mol. The maximum Gasteiger partial charge on any atom is 0.414 e. The smallest absolute Gasteiger partial charge is 0.414 e. The summed E-state index contributed by atoms with van der Waals surface area (Å²) in [6.07, 6.45) is -1.48. The number of likely N-dealkylation sites (N-methyl/N-ethyl adjacent to an activating group) is 1. The second-order valence-corrected chi connectivity index (χ2v) is 5.18. The number of oxime groups is 1. The van der Waals surface area contributed by atoms with E-state index in [0.717, 1.165) is 0 Å². The molecule has 0 fully saturated rings. The van der Waals surface area contributed by atoms with Crippen LogP contribution in [0.5, 0.6) is 0 Å². The van der Waals surface area contributed by atoms with E-state index >= 15 is 0 Å². The lowest BCUT2D eigenvalue weighted by molar-refractivity contribution is -0.147. The van der Waals surface area contributed by atoms with E-state index in [4.69, 9.17) is 18.8 Å². The molecule has 0 aliphatic rings. The van der Waals surface area contributed by atoms with Crippen LogP contribution in [0.2, 0.25) is 0 Å². The van der Waals surface area contributed by atoms with E-state index < -0.39 is 43.2 Å². The number of carbonyl (C=O) groups is 2. The van der Waals surface area contributed by atoms with Gasteiger partial charge in [0.2, 0.25) is 5.96 Å². The molecule has 0 atom stereocenters. The van der Waals surface area contributed by atoms with Gasteiger partial charge in [-0.15, -0.1) is 0 Å². The molecular weight excluding hydrogens is 266 g/mol. The maximum atomic E-state index is 11.7. The highest BCUT2D eigenvalue weighted by molar-refractivity contribution is 5.94. The summed E-state index contributed by atoms with van der Waals surface area (Å²) in [5.41, 5.74) is -0.841. The first-order chi connectivity index (χ1) is 10.3. The maximum absolute atomic E-state index is 11.7. The Bertz CT molecular complexity index is 458. The van der Waals surface area contributed by atoms with E-state index in [1.54, 1.807) is 34.6 Å². The number of esters is 1. The summed E-state index contributed by atoms with van der Waals surface area (Å²) in [5, 5.41) is 13.7. The van der Waals surface area contributed by atoms with E-state index in [1.165, 1.54) is 0 Å². The van der Waals surface area contributed by atoms with Crippen LogP contribution in [0.3, 0.4) is 0 Å². The Morgan fingerprint density at radius 3 is 2.45 bits per heavy atom. The molecule has 8 heteroatoms. The van der Waals surface area contributed by atoms with Crippen molar-refractivity contribution in [2.24, 2.45) is 5.16 Å². The number of alkyl carbamates (subject to hydrolysis) is 1. The van der Waals surface area contributed by atoms with Gasteiger partial charge < -0.3 is 19.6 Å². The summed E-state index contributed by atoms with van der Waals surface area (Å²) in [4.78, 5) is 23.7. The molecule has 0 unspecified atom stereocenters. The van der Waals surface area contributed by atoms with Crippen LogP contribution in [0.15, 0.2) is 5.16 Å². The summed E-state index contributed by atoms with van der Waals surface area (Å²) in [6, 6.07) is 0. The molecule has 116 valence electrons. The van der Waals surface area contributed by atoms with Gasteiger partial charge in [-0.25, -0.2) is 4.79 Å². The summed E-state index contributed by atoms with van der Waals surface area (Å²) in [5.74, 6) is -1.61. The molecule has 0 aliphatic heterocycles. The molecule has 1 amide bonds. The Hall–Kier alpha value is -1.99. The number of nitrogens with zero attached hydrogens (tertiary/aromatic N) is 2. The van der Waals surface area contributed by atoms with Gasteiger partial charge in [0.15, 0.2) is 0 Å². The Balaban J connectivity index is 5.14. The quantitative estimate of drug-likeness (QED) is 0.266. The second-order valence-electron chi connectivity index (χ2n) is 5.18. The topological polar surface area (TPSA) is 100 Å². The van der Waals surface area contributed by atoms with Crippen molar-refractivity contribution in [2.45, 2.75) is 46.3 Å². The lowest BCUT2D eigenvalue weighted by atomic mass is 10.2. The van der Waals surface area contributed by atoms with E-state index in [0.29, 0.717) is 4.90 Å². The van der Waals surface area contributed by atoms with Crippen LogP contribution in [-0.2, 0) is 14.3 Å². The Kier molecular flexibility index (Phi) is 4.92. The van der Waals surface area contributed by atoms with E-state index in [1.807, 2.05) is 5.32 Å². The summed E-state index contributed by atoms with van der Waals surface area (Å²) in [6.45, 7) is 4.39. The third kappa shape index (κ3) is 8.17. The molecule has 0 aromatic heterocycles. The number of amides is 1. The minimum atomic E-state index is -2.85. The average molecular weight is 292 g/mol. The molecule has 0 radical (unpaired) electrons. The first kappa shape index (κ1) is 13.0. The normalized spacial score (nSPS) is 14.9. The average Bonchev–Trinajstić information content (AvgIpc) is 2.28. The number of nitrogens with one attached hydrogen (secondary N) is 1. The fourth-order valence-electron chi connectivity index (χ4n) is 1.05. The van der Waals surface area contributed by atoms with Gasteiger partial charge in [0.05, 0.1) is 6.10 Å². The Morgan fingerprint density at radius 1 is 1.45 bits per heavy atom. The summed E-state index contributed by atoms with van der Waals surface area (Å²) in [7, 11) is 0. The van der Waals surface area contributed by atoms with Crippen molar-refractivity contribution in [2.75, 3.05) is 13.5 Å². The number of guanidine groups is 1. The van der Waals surface area contributed by atoms with Gasteiger partial charge in [0.1, 0.15) is 12.1 Å². The fourth-order valence-corrected chi connectivity index (χ4v) is 1.05. The van der Waals surface area contributed by atoms with E-state index in [-0.39, 0.29) is 0 Å². The molecule has 0 aliphatic carbocycles. The lowest BCUT2D eigenvalue weighted by Gasteiger charge is -2.23. The largest absolute Gasteiger partial charge is 0.462 e. The minimum Gasteiger partial charge on any atom is -0.462 e. The standard InChI is InChI=1S/C12H23N3O5/c1-8(2)19-9(16)7-15(6)10(14-18)13-11(17)20-12(3,4)5/h8,18H,7H2,1-6H3,(H,13,14,17)/i6D3. The van der Waals surface area contributed by atoms with Crippen molar-refractivity contribution in [3.8, 4) is 0 Å². The number of carbonyl (C=O) groups excluding carboxylic acids is 2. The molecule has 8 nitrogen and oxygen atoms in total. The van der Waals surface area contributed by atoms with Crippen molar-refractivity contribution in [1.82, 2.24) is 10.2 Å². The fraction of sp³-hybridized carbons (Fsp3) is 0.750. The van der Waals surface area contributed by atoms with Gasteiger partial charge in [-0.05, 0) is 34.6 Å². The number of hydrogen-bond acceptors (Lipinski definition) is 6. The van der Waals surface area contributed by atoms with Gasteiger partial charge in [-0.3, -0.25) is 10.1 Å². The van der Waals surface area contributed by atoms with Crippen molar-refractivity contribution < 1.29 is 28.4 Å². The zero-order valence-corrected chi connectivity index (χ0v) is 12.3. The molecule has 0 aromatic carbocycles. The second kappa shape index (κ2) is 7.56. The molecule has 0 bridgehead atoms. The van der Waals surface area contributed by atoms with Crippen LogP contribution in [0.25, 0.3) is 0 Å². The molecule has 0 saturated carbocycles. The number of ether oxygens (including phenoxy) is 2. The molecule has 0 rings (SSSR count). The van der Waals surface area contributed by atoms with Gasteiger partial charge in [0, 0.05) is 11.1 Å². The van der Waals surface area contributed by atoms with Crippen LogP contribution in [0, 0.1) is 0 Å². The van der Waals surface area contributed by atoms with Crippen LogP contribution in [0.1, 0.15) is 38.7 Å². The minimum absolute atomic E-state index is 0.418. The zero-order chi connectivity index (χ0) is 18.4. The van der Waals surface area contributed by atoms with Gasteiger partial charge in [-0.1, -0.05) is 5.16 Å². The third-order valence-corrected chi connectivity index (χ3v) is 1.62. The molecule has 20 heavy (non-hydrogen) atoms. The molecule has 0 saturated heterocycles. The van der Waals surface area contributed by atoms with Gasteiger partial charge in [-0.2, -0.15) is 0 Å². The third-order valence-electron chi connectivity index (χ3n) is 1.62. The molecule has 2 N–H and O–H groups in total. The molecule has 0 heterocycles. The van der Waals surface area contributed by atoms with Gasteiger partial charge >= 0.3 is 12.1 Å².